The smallest absolute Gasteiger partial charge is 0.242 e. The molecular weight excluding hydrogens is 346 g/mol. The third kappa shape index (κ3) is 10.3. The standard InChI is InChI=1S/C20H37N3O4/c1-2-3-12-17(15-23(27)16-24)19(25)22-18-13-10-8-6-4-5-7-9-11-14-21-20(18)26/h16-18,27H,2-15H2,1H3,(H,21,26)(H,22,25)/t17-,18?/m1/s1. The van der Waals surface area contributed by atoms with Crippen molar-refractivity contribution in [1.29, 1.82) is 0 Å². The van der Waals surface area contributed by atoms with E-state index in [0.29, 0.717) is 30.9 Å². The molecule has 1 aliphatic rings. The molecule has 2 atom stereocenters. The summed E-state index contributed by atoms with van der Waals surface area (Å²) < 4.78 is 0. The first kappa shape index (κ1) is 23.4. The van der Waals surface area contributed by atoms with E-state index in [9.17, 15) is 19.6 Å². The molecule has 1 aliphatic heterocycles. The van der Waals surface area contributed by atoms with Crippen LogP contribution in [0.1, 0.15) is 84.0 Å². The number of carbonyl (C=O) groups excluding carboxylic acids is 3. The molecule has 1 fully saturated rings. The molecule has 3 N–H and O–H groups in total. The van der Waals surface area contributed by atoms with Crippen molar-refractivity contribution in [3.8, 4) is 0 Å². The topological polar surface area (TPSA) is 98.7 Å². The summed E-state index contributed by atoms with van der Waals surface area (Å²) in [6.07, 6.45) is 12.1. The highest BCUT2D eigenvalue weighted by Crippen LogP contribution is 2.14. The Morgan fingerprint density at radius 3 is 2.48 bits per heavy atom. The highest BCUT2D eigenvalue weighted by molar-refractivity contribution is 5.88. The Bertz CT molecular complexity index is 445. The molecule has 1 rings (SSSR count). The van der Waals surface area contributed by atoms with Gasteiger partial charge in [0.25, 0.3) is 0 Å². The van der Waals surface area contributed by atoms with E-state index in [2.05, 4.69) is 10.6 Å². The Balaban J connectivity index is 2.68. The van der Waals surface area contributed by atoms with Crippen LogP contribution in [0.2, 0.25) is 0 Å². The lowest BCUT2D eigenvalue weighted by Gasteiger charge is -2.23. The minimum Gasteiger partial charge on any atom is -0.354 e. The number of hydrogen-bond acceptors (Lipinski definition) is 4. The first-order valence-electron chi connectivity index (χ1n) is 10.6. The zero-order valence-corrected chi connectivity index (χ0v) is 16.8. The Kier molecular flexibility index (Phi) is 12.5. The van der Waals surface area contributed by atoms with Crippen LogP contribution in [-0.4, -0.2) is 47.6 Å². The Labute approximate surface area is 163 Å². The van der Waals surface area contributed by atoms with Crippen molar-refractivity contribution in [2.24, 2.45) is 5.92 Å². The second-order valence-electron chi connectivity index (χ2n) is 7.54. The van der Waals surface area contributed by atoms with Crippen molar-refractivity contribution in [1.82, 2.24) is 15.7 Å². The van der Waals surface area contributed by atoms with Crippen LogP contribution in [0.3, 0.4) is 0 Å². The van der Waals surface area contributed by atoms with Crippen LogP contribution in [-0.2, 0) is 14.4 Å². The summed E-state index contributed by atoms with van der Waals surface area (Å²) in [7, 11) is 0. The minimum absolute atomic E-state index is 0.0519. The Hall–Kier alpha value is -1.63. The normalized spacial score (nSPS) is 21.0. The number of nitrogens with one attached hydrogen (secondary N) is 2. The van der Waals surface area contributed by atoms with Crippen LogP contribution in [0.5, 0.6) is 0 Å². The third-order valence-electron chi connectivity index (χ3n) is 5.16. The number of rotatable bonds is 8. The fourth-order valence-corrected chi connectivity index (χ4v) is 3.45. The van der Waals surface area contributed by atoms with Gasteiger partial charge in [-0.1, -0.05) is 64.7 Å². The van der Waals surface area contributed by atoms with Crippen LogP contribution in [0.15, 0.2) is 0 Å². The van der Waals surface area contributed by atoms with Crippen molar-refractivity contribution in [3.63, 3.8) is 0 Å². The van der Waals surface area contributed by atoms with Crippen LogP contribution in [0.4, 0.5) is 0 Å². The molecule has 0 spiro atoms. The van der Waals surface area contributed by atoms with Gasteiger partial charge in [-0.05, 0) is 19.3 Å². The van der Waals surface area contributed by atoms with Crippen molar-refractivity contribution in [2.45, 2.75) is 90.0 Å². The lowest BCUT2D eigenvalue weighted by atomic mass is 9.99. The van der Waals surface area contributed by atoms with Gasteiger partial charge in [-0.15, -0.1) is 0 Å². The first-order valence-corrected chi connectivity index (χ1v) is 10.6. The minimum atomic E-state index is -0.550. The number of carbonyl (C=O) groups is 3. The van der Waals surface area contributed by atoms with E-state index >= 15 is 0 Å². The van der Waals surface area contributed by atoms with Gasteiger partial charge < -0.3 is 10.6 Å². The summed E-state index contributed by atoms with van der Waals surface area (Å²) in [5.74, 6) is -0.917. The summed E-state index contributed by atoms with van der Waals surface area (Å²) in [6, 6.07) is -0.550. The van der Waals surface area contributed by atoms with Gasteiger partial charge in [0, 0.05) is 6.54 Å². The predicted molar refractivity (Wildman–Crippen MR) is 104 cm³/mol. The van der Waals surface area contributed by atoms with Gasteiger partial charge >= 0.3 is 0 Å². The molecule has 27 heavy (non-hydrogen) atoms. The first-order chi connectivity index (χ1) is 13.1. The fourth-order valence-electron chi connectivity index (χ4n) is 3.45. The van der Waals surface area contributed by atoms with Crippen molar-refractivity contribution >= 4 is 18.2 Å². The van der Waals surface area contributed by atoms with E-state index in [4.69, 9.17) is 0 Å². The quantitative estimate of drug-likeness (QED) is 0.341. The SMILES string of the molecule is CCCC[C@H](CN(O)C=O)C(=O)NC1CCCCCCCCCCNC1=O. The van der Waals surface area contributed by atoms with Gasteiger partial charge in [0.15, 0.2) is 0 Å². The summed E-state index contributed by atoms with van der Waals surface area (Å²) in [4.78, 5) is 35.9. The monoisotopic (exact) mass is 383 g/mol. The summed E-state index contributed by atoms with van der Waals surface area (Å²) in [5, 5.41) is 15.8. The molecular formula is C20H37N3O4. The molecule has 0 radical (unpaired) electrons. The van der Waals surface area contributed by atoms with E-state index in [1.54, 1.807) is 0 Å². The summed E-state index contributed by atoms with van der Waals surface area (Å²) >= 11 is 0. The second-order valence-corrected chi connectivity index (χ2v) is 7.54. The molecule has 1 saturated heterocycles. The zero-order valence-electron chi connectivity index (χ0n) is 16.8. The molecule has 156 valence electrons. The molecule has 0 aromatic carbocycles. The molecule has 0 aromatic heterocycles. The number of unbranched alkanes of at least 4 members (excludes halogenated alkanes) is 1. The number of nitrogens with zero attached hydrogens (tertiary/aromatic N) is 1. The fraction of sp³-hybridized carbons (Fsp3) is 0.850. The largest absolute Gasteiger partial charge is 0.354 e. The van der Waals surface area contributed by atoms with Crippen molar-refractivity contribution < 1.29 is 19.6 Å². The number of amides is 3. The average molecular weight is 384 g/mol. The average Bonchev–Trinajstić information content (AvgIpc) is 2.68. The molecule has 0 saturated carbocycles. The maximum atomic E-state index is 12.7. The van der Waals surface area contributed by atoms with E-state index in [0.717, 1.165) is 38.5 Å². The highest BCUT2D eigenvalue weighted by atomic mass is 16.5. The number of hydroxylamine groups is 2. The molecule has 1 unspecified atom stereocenters. The molecule has 0 aromatic rings. The van der Waals surface area contributed by atoms with Gasteiger partial charge in [0.2, 0.25) is 18.2 Å². The Morgan fingerprint density at radius 2 is 1.85 bits per heavy atom. The van der Waals surface area contributed by atoms with Gasteiger partial charge in [0.05, 0.1) is 12.5 Å². The Morgan fingerprint density at radius 1 is 1.22 bits per heavy atom. The van der Waals surface area contributed by atoms with Crippen LogP contribution < -0.4 is 10.6 Å². The van der Waals surface area contributed by atoms with Gasteiger partial charge in [-0.3, -0.25) is 19.6 Å². The summed E-state index contributed by atoms with van der Waals surface area (Å²) in [5.41, 5.74) is 0. The van der Waals surface area contributed by atoms with Crippen molar-refractivity contribution in [2.75, 3.05) is 13.1 Å². The van der Waals surface area contributed by atoms with Crippen LogP contribution >= 0.6 is 0 Å². The predicted octanol–water partition coefficient (Wildman–Crippen LogP) is 2.77. The number of hydrogen-bond donors (Lipinski definition) is 3. The van der Waals surface area contributed by atoms with E-state index in [1.165, 1.54) is 25.7 Å². The second kappa shape index (κ2) is 14.4. The van der Waals surface area contributed by atoms with Gasteiger partial charge in [-0.25, -0.2) is 5.06 Å². The lowest BCUT2D eigenvalue weighted by molar-refractivity contribution is -0.155. The lowest BCUT2D eigenvalue weighted by Crippen LogP contribution is -2.50. The maximum Gasteiger partial charge on any atom is 0.242 e. The van der Waals surface area contributed by atoms with Crippen LogP contribution in [0, 0.1) is 5.92 Å². The zero-order chi connectivity index (χ0) is 19.9. The van der Waals surface area contributed by atoms with E-state index < -0.39 is 12.0 Å². The molecule has 0 bridgehead atoms. The third-order valence-corrected chi connectivity index (χ3v) is 5.16. The summed E-state index contributed by atoms with van der Waals surface area (Å²) in [6.45, 7) is 2.61. The molecule has 7 nitrogen and oxygen atoms in total. The van der Waals surface area contributed by atoms with Crippen molar-refractivity contribution in [3.05, 3.63) is 0 Å². The van der Waals surface area contributed by atoms with E-state index in [-0.39, 0.29) is 18.4 Å². The highest BCUT2D eigenvalue weighted by Gasteiger charge is 2.26. The van der Waals surface area contributed by atoms with E-state index in [1.807, 2.05) is 6.92 Å². The molecule has 7 heteroatoms. The molecule has 0 aliphatic carbocycles. The maximum absolute atomic E-state index is 12.7. The van der Waals surface area contributed by atoms with Gasteiger partial charge in [0.1, 0.15) is 6.04 Å². The molecule has 3 amide bonds. The van der Waals surface area contributed by atoms with Gasteiger partial charge in [-0.2, -0.15) is 0 Å². The molecule has 1 heterocycles. The van der Waals surface area contributed by atoms with Crippen LogP contribution in [0.25, 0.3) is 0 Å².